The van der Waals surface area contributed by atoms with Crippen molar-refractivity contribution in [2.24, 2.45) is 0 Å². The van der Waals surface area contributed by atoms with E-state index in [0.29, 0.717) is 22.7 Å². The van der Waals surface area contributed by atoms with E-state index in [1.807, 2.05) is 48.6 Å². The molecule has 2 aromatic carbocycles. The number of hydrogen-bond acceptors (Lipinski definition) is 6. The van der Waals surface area contributed by atoms with E-state index in [9.17, 15) is 8.42 Å². The predicted octanol–water partition coefficient (Wildman–Crippen LogP) is 4.72. The molecule has 0 radical (unpaired) electrons. The molecule has 5 rings (SSSR count). The molecule has 9 heteroatoms. The number of sulfonamides is 1. The van der Waals surface area contributed by atoms with Gasteiger partial charge in [-0.3, -0.25) is 14.8 Å². The lowest BCUT2D eigenvalue weighted by atomic mass is 9.94. The van der Waals surface area contributed by atoms with Crippen LogP contribution in [0.4, 0.5) is 11.5 Å². The largest absolute Gasteiger partial charge is 0.462 e. The van der Waals surface area contributed by atoms with Crippen molar-refractivity contribution in [3.8, 4) is 17.0 Å². The standard InChI is InChI=1S/C25H23N5O3S/c1-34(31,32)30-18-7-5-6-17(14-18)23-24-22(25(26)29-28-24)21(15-27-23)16-10-12-20(13-11-16)33-19-8-3-2-4-9-19/h2-10,12,14-15,30H,11,13H2,1H3,(H3,26,28,29). The lowest BCUT2D eigenvalue weighted by Crippen LogP contribution is -2.09. The number of pyridine rings is 1. The summed E-state index contributed by atoms with van der Waals surface area (Å²) in [7, 11) is -3.39. The zero-order valence-corrected chi connectivity index (χ0v) is 19.3. The number of aromatic amines is 1. The summed E-state index contributed by atoms with van der Waals surface area (Å²) in [4.78, 5) is 4.69. The summed E-state index contributed by atoms with van der Waals surface area (Å²) in [5, 5.41) is 8.01. The third kappa shape index (κ3) is 4.51. The highest BCUT2D eigenvalue weighted by Gasteiger charge is 2.19. The van der Waals surface area contributed by atoms with Gasteiger partial charge in [-0.1, -0.05) is 36.4 Å². The minimum Gasteiger partial charge on any atom is -0.462 e. The van der Waals surface area contributed by atoms with Crippen LogP contribution in [0.2, 0.25) is 0 Å². The Morgan fingerprint density at radius 3 is 2.62 bits per heavy atom. The Balaban J connectivity index is 1.50. The summed E-state index contributed by atoms with van der Waals surface area (Å²) in [6.07, 6.45) is 8.43. The SMILES string of the molecule is CS(=O)(=O)Nc1cccc(-c2ncc(C3=CC=C(Oc4ccccc4)CC3)c3c(N)n[nH]c23)c1. The zero-order valence-electron chi connectivity index (χ0n) is 18.4. The van der Waals surface area contributed by atoms with Crippen LogP contribution in [0, 0.1) is 0 Å². The normalized spacial score (nSPS) is 13.9. The van der Waals surface area contributed by atoms with Gasteiger partial charge in [0.2, 0.25) is 10.0 Å². The number of nitrogens with one attached hydrogen (secondary N) is 2. The summed E-state index contributed by atoms with van der Waals surface area (Å²) in [5.41, 5.74) is 10.8. The van der Waals surface area contributed by atoms with Gasteiger partial charge in [0.05, 0.1) is 22.9 Å². The number of hydrogen-bond donors (Lipinski definition) is 3. The molecule has 4 aromatic rings. The van der Waals surface area contributed by atoms with Crippen molar-refractivity contribution in [3.05, 3.63) is 84.3 Å². The maximum atomic E-state index is 11.6. The fraction of sp³-hybridized carbons (Fsp3) is 0.120. The summed E-state index contributed by atoms with van der Waals surface area (Å²) >= 11 is 0. The second-order valence-corrected chi connectivity index (χ2v) is 9.82. The number of anilines is 2. The summed E-state index contributed by atoms with van der Waals surface area (Å²) in [6.45, 7) is 0. The average Bonchev–Trinajstić information content (AvgIpc) is 3.21. The van der Waals surface area contributed by atoms with Crippen LogP contribution >= 0.6 is 0 Å². The summed E-state index contributed by atoms with van der Waals surface area (Å²) in [5.74, 6) is 2.09. The molecular formula is C25H23N5O3S. The molecule has 8 nitrogen and oxygen atoms in total. The van der Waals surface area contributed by atoms with E-state index in [-0.39, 0.29) is 0 Å². The topological polar surface area (TPSA) is 123 Å². The third-order valence-corrected chi connectivity index (χ3v) is 6.12. The fourth-order valence-electron chi connectivity index (χ4n) is 4.03. The van der Waals surface area contributed by atoms with Gasteiger partial charge < -0.3 is 10.5 Å². The smallest absolute Gasteiger partial charge is 0.229 e. The molecule has 4 N–H and O–H groups in total. The maximum absolute atomic E-state index is 11.6. The average molecular weight is 474 g/mol. The molecule has 0 fully saturated rings. The molecule has 0 saturated carbocycles. The van der Waals surface area contributed by atoms with Crippen molar-refractivity contribution in [1.29, 1.82) is 0 Å². The Bertz CT molecular complexity index is 1540. The number of ether oxygens (including phenoxy) is 1. The molecule has 2 heterocycles. The van der Waals surface area contributed by atoms with Crippen molar-refractivity contribution >= 4 is 38.0 Å². The van der Waals surface area contributed by atoms with Gasteiger partial charge in [0.1, 0.15) is 11.5 Å². The minimum absolute atomic E-state index is 0.385. The molecule has 1 aliphatic rings. The molecule has 0 amide bonds. The third-order valence-electron chi connectivity index (χ3n) is 5.51. The van der Waals surface area contributed by atoms with Crippen LogP contribution in [0.3, 0.4) is 0 Å². The number of rotatable bonds is 6. The van der Waals surface area contributed by atoms with Gasteiger partial charge in [-0.15, -0.1) is 0 Å². The van der Waals surface area contributed by atoms with Crippen molar-refractivity contribution in [2.75, 3.05) is 16.7 Å². The maximum Gasteiger partial charge on any atom is 0.229 e. The van der Waals surface area contributed by atoms with Crippen LogP contribution < -0.4 is 15.2 Å². The van der Waals surface area contributed by atoms with E-state index >= 15 is 0 Å². The molecule has 0 bridgehead atoms. The van der Waals surface area contributed by atoms with E-state index in [2.05, 4.69) is 14.9 Å². The van der Waals surface area contributed by atoms with Crippen LogP contribution in [-0.4, -0.2) is 29.9 Å². The first-order valence-electron chi connectivity index (χ1n) is 10.7. The first-order valence-corrected chi connectivity index (χ1v) is 12.6. The van der Waals surface area contributed by atoms with Gasteiger partial charge in [-0.2, -0.15) is 5.10 Å². The quantitative estimate of drug-likeness (QED) is 0.372. The number of para-hydroxylation sites is 1. The van der Waals surface area contributed by atoms with Crippen LogP contribution in [0.5, 0.6) is 5.75 Å². The first-order chi connectivity index (χ1) is 16.4. The van der Waals surface area contributed by atoms with E-state index in [0.717, 1.165) is 52.7 Å². The van der Waals surface area contributed by atoms with Gasteiger partial charge in [0, 0.05) is 29.4 Å². The van der Waals surface area contributed by atoms with Crippen molar-refractivity contribution in [3.63, 3.8) is 0 Å². The van der Waals surface area contributed by atoms with Gasteiger partial charge in [0.15, 0.2) is 5.82 Å². The second-order valence-electron chi connectivity index (χ2n) is 8.07. The van der Waals surface area contributed by atoms with Gasteiger partial charge in [-0.05, 0) is 42.3 Å². The molecular weight excluding hydrogens is 450 g/mol. The van der Waals surface area contributed by atoms with E-state index in [1.165, 1.54) is 0 Å². The molecule has 0 atom stereocenters. The molecule has 34 heavy (non-hydrogen) atoms. The molecule has 0 saturated heterocycles. The van der Waals surface area contributed by atoms with E-state index in [1.54, 1.807) is 24.4 Å². The van der Waals surface area contributed by atoms with Crippen LogP contribution in [0.25, 0.3) is 27.7 Å². The molecule has 1 aliphatic carbocycles. The predicted molar refractivity (Wildman–Crippen MR) is 135 cm³/mol. The number of nitrogen functional groups attached to an aromatic ring is 1. The van der Waals surface area contributed by atoms with Crippen LogP contribution in [0.15, 0.2) is 78.7 Å². The van der Waals surface area contributed by atoms with Crippen LogP contribution in [-0.2, 0) is 10.0 Å². The molecule has 0 spiro atoms. The van der Waals surface area contributed by atoms with Crippen molar-refractivity contribution in [2.45, 2.75) is 12.8 Å². The molecule has 2 aromatic heterocycles. The number of benzene rings is 2. The van der Waals surface area contributed by atoms with Gasteiger partial charge >= 0.3 is 0 Å². The Morgan fingerprint density at radius 2 is 1.88 bits per heavy atom. The number of nitrogens with zero attached hydrogens (tertiary/aromatic N) is 2. The lowest BCUT2D eigenvalue weighted by molar-refractivity contribution is 0.404. The fourth-order valence-corrected chi connectivity index (χ4v) is 4.59. The van der Waals surface area contributed by atoms with Crippen LogP contribution in [0.1, 0.15) is 18.4 Å². The monoisotopic (exact) mass is 473 g/mol. The summed E-state index contributed by atoms with van der Waals surface area (Å²) < 4.78 is 31.7. The van der Waals surface area contributed by atoms with E-state index < -0.39 is 10.0 Å². The van der Waals surface area contributed by atoms with Gasteiger partial charge in [0.25, 0.3) is 0 Å². The first kappa shape index (κ1) is 21.7. The number of allylic oxidation sites excluding steroid dienone is 4. The summed E-state index contributed by atoms with van der Waals surface area (Å²) in [6, 6.07) is 16.8. The Morgan fingerprint density at radius 1 is 1.06 bits per heavy atom. The second kappa shape index (κ2) is 8.68. The van der Waals surface area contributed by atoms with E-state index in [4.69, 9.17) is 15.5 Å². The zero-order chi connectivity index (χ0) is 23.7. The van der Waals surface area contributed by atoms with Gasteiger partial charge in [-0.25, -0.2) is 8.42 Å². The number of fused-ring (bicyclic) bond motifs is 1. The molecule has 172 valence electrons. The Kier molecular flexibility index (Phi) is 5.54. The van der Waals surface area contributed by atoms with Crippen molar-refractivity contribution in [1.82, 2.24) is 15.2 Å². The Hall–Kier alpha value is -4.11. The minimum atomic E-state index is -3.39. The lowest BCUT2D eigenvalue weighted by Gasteiger charge is -2.17. The highest BCUT2D eigenvalue weighted by atomic mass is 32.2. The van der Waals surface area contributed by atoms with Crippen molar-refractivity contribution < 1.29 is 13.2 Å². The number of H-pyrrole nitrogens is 1. The Labute approximate surface area is 197 Å². The number of aromatic nitrogens is 3. The number of nitrogens with two attached hydrogens (primary N) is 1. The molecule has 0 aliphatic heterocycles. The highest BCUT2D eigenvalue weighted by molar-refractivity contribution is 7.92. The highest BCUT2D eigenvalue weighted by Crippen LogP contribution is 2.37. The molecule has 0 unspecified atom stereocenters.